The van der Waals surface area contributed by atoms with Gasteiger partial charge in [-0.05, 0) is 85.0 Å². The maximum absolute atomic E-state index is 13.5. The predicted molar refractivity (Wildman–Crippen MR) is 186 cm³/mol. The van der Waals surface area contributed by atoms with Crippen LogP contribution < -0.4 is 16.6 Å². The van der Waals surface area contributed by atoms with Crippen molar-refractivity contribution in [1.82, 2.24) is 24.8 Å². The van der Waals surface area contributed by atoms with Gasteiger partial charge in [-0.15, -0.1) is 11.3 Å². The van der Waals surface area contributed by atoms with Crippen LogP contribution in [0.1, 0.15) is 34.5 Å². The van der Waals surface area contributed by atoms with Crippen LogP contribution in [0.3, 0.4) is 0 Å². The number of nitrogens with zero attached hydrogens (tertiary/aromatic N) is 5. The van der Waals surface area contributed by atoms with E-state index in [1.54, 1.807) is 29.8 Å². The van der Waals surface area contributed by atoms with Crippen LogP contribution in [0.4, 0.5) is 15.8 Å². The molecule has 0 saturated carbocycles. The molecule has 6 rings (SSSR count). The molecule has 9 nitrogen and oxygen atoms in total. The summed E-state index contributed by atoms with van der Waals surface area (Å²) in [4.78, 5) is 31.8. The summed E-state index contributed by atoms with van der Waals surface area (Å²) in [5.74, 6) is 6.46. The first-order chi connectivity index (χ1) is 22.4. The van der Waals surface area contributed by atoms with Gasteiger partial charge in [0, 0.05) is 61.7 Å². The van der Waals surface area contributed by atoms with Gasteiger partial charge in [0.15, 0.2) is 5.82 Å². The largest absolute Gasteiger partial charge is 0.383 e. The standard InChI is InChI=1S/C34H39FN8OS2/c1-23-27(18-24-4-6-26(35)7-5-24)29(41-36)9-8-28(23)40-21-34(45-2)12-17-42(22-34)20-31(44)43-15-10-25(11-16-43)33-39-19-30(46-33)32-37-13-3-14-38-32/h3-10,13-14,19,40-41H,11-12,15-18,20-22,36H2,1-2H3. The number of thioether (sulfide) groups is 1. The van der Waals surface area contributed by atoms with E-state index in [1.165, 1.54) is 17.7 Å². The smallest absolute Gasteiger partial charge is 0.237 e. The first-order valence-corrected chi connectivity index (χ1v) is 17.5. The lowest BCUT2D eigenvalue weighted by Gasteiger charge is -2.30. The lowest BCUT2D eigenvalue weighted by Crippen LogP contribution is -2.43. The summed E-state index contributed by atoms with van der Waals surface area (Å²) >= 11 is 3.46. The van der Waals surface area contributed by atoms with Crippen LogP contribution in [-0.4, -0.2) is 80.9 Å². The summed E-state index contributed by atoms with van der Waals surface area (Å²) in [5.41, 5.74) is 9.12. The van der Waals surface area contributed by atoms with Crippen molar-refractivity contribution in [2.45, 2.75) is 30.9 Å². The number of likely N-dealkylation sites (tertiary alicyclic amines) is 1. The molecular weight excluding hydrogens is 620 g/mol. The number of anilines is 2. The molecule has 2 aliphatic heterocycles. The van der Waals surface area contributed by atoms with Crippen molar-refractivity contribution in [3.63, 3.8) is 0 Å². The number of hydrazine groups is 1. The summed E-state index contributed by atoms with van der Waals surface area (Å²) < 4.78 is 13.5. The Morgan fingerprint density at radius 3 is 2.61 bits per heavy atom. The molecule has 12 heteroatoms. The Balaban J connectivity index is 1.04. The quantitative estimate of drug-likeness (QED) is 0.143. The van der Waals surface area contributed by atoms with Crippen LogP contribution in [0.2, 0.25) is 0 Å². The normalized spacial score (nSPS) is 18.4. The fourth-order valence-corrected chi connectivity index (χ4v) is 7.91. The Labute approximate surface area is 277 Å². The Kier molecular flexibility index (Phi) is 9.98. The van der Waals surface area contributed by atoms with Crippen LogP contribution in [0.5, 0.6) is 0 Å². The number of hydrogen-bond donors (Lipinski definition) is 3. The van der Waals surface area contributed by atoms with Crippen LogP contribution in [0.25, 0.3) is 16.3 Å². The second-order valence-electron chi connectivity index (χ2n) is 11.8. The molecule has 0 bridgehead atoms. The molecule has 2 aromatic heterocycles. The minimum Gasteiger partial charge on any atom is -0.383 e. The molecule has 0 aliphatic carbocycles. The number of nitrogens with two attached hydrogens (primary N) is 1. The van der Waals surface area contributed by atoms with Gasteiger partial charge >= 0.3 is 0 Å². The second kappa shape index (κ2) is 14.3. The molecule has 1 fully saturated rings. The molecule has 0 radical (unpaired) electrons. The van der Waals surface area contributed by atoms with Gasteiger partial charge < -0.3 is 15.6 Å². The summed E-state index contributed by atoms with van der Waals surface area (Å²) in [7, 11) is 0. The average Bonchev–Trinajstić information content (AvgIpc) is 3.75. The van der Waals surface area contributed by atoms with Crippen molar-refractivity contribution in [3.8, 4) is 10.7 Å². The fraction of sp³-hybridized carbons (Fsp3) is 0.353. The summed E-state index contributed by atoms with van der Waals surface area (Å²) in [5, 5.41) is 4.68. The van der Waals surface area contributed by atoms with Gasteiger partial charge in [0.05, 0.1) is 17.1 Å². The van der Waals surface area contributed by atoms with Crippen molar-refractivity contribution in [3.05, 3.63) is 94.6 Å². The third kappa shape index (κ3) is 7.25. The van der Waals surface area contributed by atoms with E-state index in [-0.39, 0.29) is 16.5 Å². The van der Waals surface area contributed by atoms with E-state index in [1.807, 2.05) is 41.1 Å². The van der Waals surface area contributed by atoms with E-state index >= 15 is 0 Å². The lowest BCUT2D eigenvalue weighted by atomic mass is 9.97. The van der Waals surface area contributed by atoms with Gasteiger partial charge in [-0.2, -0.15) is 11.8 Å². The SMILES string of the molecule is CSC1(CNc2ccc(NN)c(Cc3ccc(F)cc3)c2C)CCN(CC(=O)N2CC=C(c3ncc(-c4ncccn4)s3)CC2)C1. The van der Waals surface area contributed by atoms with Crippen LogP contribution >= 0.6 is 23.1 Å². The number of hydrogen-bond acceptors (Lipinski definition) is 10. The number of thiazole rings is 1. The highest BCUT2D eigenvalue weighted by atomic mass is 32.2. The molecule has 0 spiro atoms. The maximum Gasteiger partial charge on any atom is 0.237 e. The number of nitrogens with one attached hydrogen (secondary N) is 2. The minimum absolute atomic E-state index is 0.00534. The van der Waals surface area contributed by atoms with Crippen molar-refractivity contribution < 1.29 is 9.18 Å². The summed E-state index contributed by atoms with van der Waals surface area (Å²) in [6.07, 6.45) is 12.0. The number of carbonyl (C=O) groups excluding carboxylic acids is 1. The van der Waals surface area contributed by atoms with Gasteiger partial charge in [-0.1, -0.05) is 18.2 Å². The Hall–Kier alpha value is -3.84. The highest BCUT2D eigenvalue weighted by Gasteiger charge is 2.38. The molecule has 46 heavy (non-hydrogen) atoms. The van der Waals surface area contributed by atoms with E-state index in [2.05, 4.69) is 55.9 Å². The third-order valence-electron chi connectivity index (χ3n) is 8.96. The molecule has 4 aromatic rings. The highest BCUT2D eigenvalue weighted by Crippen LogP contribution is 2.36. The number of rotatable bonds is 11. The number of benzene rings is 2. The van der Waals surface area contributed by atoms with Gasteiger partial charge in [0.1, 0.15) is 10.8 Å². The molecule has 1 saturated heterocycles. The Morgan fingerprint density at radius 2 is 1.89 bits per heavy atom. The molecule has 1 amide bonds. The highest BCUT2D eigenvalue weighted by molar-refractivity contribution is 8.00. The van der Waals surface area contributed by atoms with E-state index in [9.17, 15) is 9.18 Å². The van der Waals surface area contributed by atoms with Crippen molar-refractivity contribution in [1.29, 1.82) is 0 Å². The maximum atomic E-state index is 13.5. The molecule has 4 heterocycles. The van der Waals surface area contributed by atoms with Crippen LogP contribution in [-0.2, 0) is 11.2 Å². The van der Waals surface area contributed by atoms with Gasteiger partial charge in [-0.3, -0.25) is 15.5 Å². The second-order valence-corrected chi connectivity index (χ2v) is 14.1. The summed E-state index contributed by atoms with van der Waals surface area (Å²) in [6, 6.07) is 12.4. The first kappa shape index (κ1) is 32.1. The van der Waals surface area contributed by atoms with Crippen LogP contribution in [0, 0.1) is 12.7 Å². The molecule has 2 aromatic carbocycles. The van der Waals surface area contributed by atoms with Gasteiger partial charge in [0.25, 0.3) is 0 Å². The number of halogens is 1. The van der Waals surface area contributed by atoms with E-state index in [4.69, 9.17) is 5.84 Å². The predicted octanol–water partition coefficient (Wildman–Crippen LogP) is 5.46. The fourth-order valence-electron chi connectivity index (χ4n) is 6.15. The number of nitrogen functional groups attached to an aromatic ring is 1. The molecule has 240 valence electrons. The average molecular weight is 659 g/mol. The van der Waals surface area contributed by atoms with E-state index in [0.717, 1.165) is 70.4 Å². The van der Waals surface area contributed by atoms with Crippen LogP contribution in [0.15, 0.2) is 67.1 Å². The monoisotopic (exact) mass is 658 g/mol. The number of amides is 1. The van der Waals surface area contributed by atoms with Gasteiger partial charge in [-0.25, -0.2) is 19.3 Å². The Morgan fingerprint density at radius 1 is 1.11 bits per heavy atom. The number of aromatic nitrogens is 3. The zero-order valence-electron chi connectivity index (χ0n) is 26.1. The van der Waals surface area contributed by atoms with Crippen molar-refractivity contribution in [2.75, 3.05) is 56.3 Å². The molecular formula is C34H39FN8OS2. The number of carbonyl (C=O) groups is 1. The Bertz CT molecular complexity index is 1700. The molecule has 1 unspecified atom stereocenters. The van der Waals surface area contributed by atoms with Gasteiger partial charge in [0.2, 0.25) is 5.91 Å². The molecule has 1 atom stereocenters. The third-order valence-corrected chi connectivity index (χ3v) is 11.4. The van der Waals surface area contributed by atoms with E-state index in [0.29, 0.717) is 31.9 Å². The zero-order valence-corrected chi connectivity index (χ0v) is 27.8. The minimum atomic E-state index is -0.245. The summed E-state index contributed by atoms with van der Waals surface area (Å²) in [6.45, 7) is 6.32. The van der Waals surface area contributed by atoms with Crippen molar-refractivity contribution >= 4 is 46.0 Å². The first-order valence-electron chi connectivity index (χ1n) is 15.4. The molecule has 2 aliphatic rings. The van der Waals surface area contributed by atoms with Crippen molar-refractivity contribution in [2.24, 2.45) is 5.84 Å². The molecule has 4 N–H and O–H groups in total. The zero-order chi connectivity index (χ0) is 32.1. The van der Waals surface area contributed by atoms with E-state index < -0.39 is 0 Å². The topological polar surface area (TPSA) is 112 Å². The lowest BCUT2D eigenvalue weighted by molar-refractivity contribution is -0.131.